The minimum Gasteiger partial charge on any atom is -0.493 e. The molecule has 0 bridgehead atoms. The van der Waals surface area contributed by atoms with Gasteiger partial charge in [-0.15, -0.1) is 0 Å². The van der Waals surface area contributed by atoms with E-state index in [0.717, 1.165) is 0 Å². The average molecular weight is 418 g/mol. The molecule has 3 N–H and O–H groups in total. The fourth-order valence-corrected chi connectivity index (χ4v) is 2.97. The first-order valence-electron chi connectivity index (χ1n) is 9.37. The third-order valence-electron chi connectivity index (χ3n) is 4.33. The molecule has 2 rings (SSSR count). The Morgan fingerprint density at radius 2 is 1.83 bits per heavy atom. The van der Waals surface area contributed by atoms with E-state index in [2.05, 4.69) is 10.3 Å². The minimum absolute atomic E-state index is 0.0640. The van der Waals surface area contributed by atoms with E-state index in [0.29, 0.717) is 22.8 Å². The summed E-state index contributed by atoms with van der Waals surface area (Å²) in [5, 5.41) is 11.7. The van der Waals surface area contributed by atoms with Crippen LogP contribution >= 0.6 is 0 Å². The molecular weight excluding hydrogens is 392 g/mol. The Bertz CT molecular complexity index is 947. The number of methoxy groups -OCH3 is 2. The zero-order valence-electron chi connectivity index (χ0n) is 17.6. The van der Waals surface area contributed by atoms with Gasteiger partial charge in [0.15, 0.2) is 11.5 Å². The lowest BCUT2D eigenvalue weighted by atomic mass is 9.97. The molecule has 1 heterocycles. The van der Waals surface area contributed by atoms with Gasteiger partial charge in [-0.1, -0.05) is 6.07 Å². The van der Waals surface area contributed by atoms with Crippen molar-refractivity contribution in [2.45, 2.75) is 26.9 Å². The number of esters is 1. The third kappa shape index (κ3) is 4.80. The van der Waals surface area contributed by atoms with Crippen molar-refractivity contribution in [3.8, 4) is 22.6 Å². The Hall–Kier alpha value is -3.33. The Labute approximate surface area is 174 Å². The number of aromatic nitrogens is 1. The summed E-state index contributed by atoms with van der Waals surface area (Å²) in [5.41, 5.74) is 1.15. The quantitative estimate of drug-likeness (QED) is 0.322. The number of ketones is 1. The summed E-state index contributed by atoms with van der Waals surface area (Å²) >= 11 is 0. The molecule has 1 aromatic heterocycles. The predicted octanol–water partition coefficient (Wildman–Crippen LogP) is 1.86. The van der Waals surface area contributed by atoms with Gasteiger partial charge in [-0.2, -0.15) is 0 Å². The van der Waals surface area contributed by atoms with Crippen molar-refractivity contribution >= 4 is 17.7 Å². The van der Waals surface area contributed by atoms with E-state index in [1.165, 1.54) is 21.1 Å². The number of carbonyl (C=O) groups excluding carboxylic acids is 3. The van der Waals surface area contributed by atoms with E-state index >= 15 is 0 Å². The zero-order chi connectivity index (χ0) is 22.4. The van der Waals surface area contributed by atoms with Crippen LogP contribution < -0.4 is 14.8 Å². The van der Waals surface area contributed by atoms with Gasteiger partial charge in [-0.05, 0) is 38.5 Å². The van der Waals surface area contributed by atoms with Crippen LogP contribution in [0.4, 0.5) is 0 Å². The molecule has 1 atom stereocenters. The highest BCUT2D eigenvalue weighted by Gasteiger charge is 2.30. The second-order valence-electron chi connectivity index (χ2n) is 6.55. The fraction of sp³-hybridized carbons (Fsp3) is 0.381. The van der Waals surface area contributed by atoms with Crippen molar-refractivity contribution in [3.05, 3.63) is 35.2 Å². The Morgan fingerprint density at radius 3 is 2.40 bits per heavy atom. The highest BCUT2D eigenvalue weighted by molar-refractivity contribution is 6.43. The molecule has 0 fully saturated rings. The molecule has 0 aliphatic rings. The van der Waals surface area contributed by atoms with Crippen LogP contribution in [0, 0.1) is 6.92 Å². The number of Topliss-reactive ketones (excluding diaryl/α,β-unsaturated/α-hetero) is 1. The molecule has 0 radical (unpaired) electrons. The van der Waals surface area contributed by atoms with Gasteiger partial charge in [0.2, 0.25) is 0 Å². The highest BCUT2D eigenvalue weighted by atomic mass is 16.5. The molecule has 9 nitrogen and oxygen atoms in total. The van der Waals surface area contributed by atoms with Crippen LogP contribution in [0.15, 0.2) is 18.2 Å². The number of benzene rings is 1. The van der Waals surface area contributed by atoms with Gasteiger partial charge >= 0.3 is 5.97 Å². The monoisotopic (exact) mass is 418 g/mol. The Morgan fingerprint density at radius 1 is 1.17 bits per heavy atom. The van der Waals surface area contributed by atoms with Crippen LogP contribution in [0.1, 0.15) is 40.4 Å². The Balaban J connectivity index is 2.64. The van der Waals surface area contributed by atoms with Crippen LogP contribution in [0.3, 0.4) is 0 Å². The number of nitrogens with one attached hydrogen (secondary N) is 2. The smallest absolute Gasteiger partial charge is 0.340 e. The van der Waals surface area contributed by atoms with E-state index < -0.39 is 23.8 Å². The number of ether oxygens (including phenoxy) is 3. The lowest BCUT2D eigenvalue weighted by molar-refractivity contribution is -0.117. The van der Waals surface area contributed by atoms with E-state index in [4.69, 9.17) is 14.2 Å². The number of hydrogen-bond donors (Lipinski definition) is 3. The summed E-state index contributed by atoms with van der Waals surface area (Å²) in [6.07, 6.45) is -0.812. The third-order valence-corrected chi connectivity index (χ3v) is 4.33. The highest BCUT2D eigenvalue weighted by Crippen LogP contribution is 2.37. The van der Waals surface area contributed by atoms with E-state index in [-0.39, 0.29) is 30.0 Å². The maximum Gasteiger partial charge on any atom is 0.340 e. The predicted molar refractivity (Wildman–Crippen MR) is 109 cm³/mol. The standard InChI is InChI=1S/C21H26N2O7/c1-6-30-21(27)16-12(3)23-18(19(25)20(26)22-10-11(2)24)17(16)13-7-8-14(28-4)15(9-13)29-5/h7-9,11,23-24H,6,10H2,1-5H3,(H,22,26)/t11-/m1/s1. The average Bonchev–Trinajstić information content (AvgIpc) is 3.07. The number of aliphatic hydroxyl groups is 1. The van der Waals surface area contributed by atoms with Gasteiger partial charge in [-0.25, -0.2) is 4.79 Å². The molecule has 0 spiro atoms. The lowest BCUT2D eigenvalue weighted by Gasteiger charge is -2.12. The number of amides is 1. The van der Waals surface area contributed by atoms with E-state index in [9.17, 15) is 19.5 Å². The first kappa shape index (κ1) is 23.0. The van der Waals surface area contributed by atoms with E-state index in [1.54, 1.807) is 32.0 Å². The second-order valence-corrected chi connectivity index (χ2v) is 6.55. The summed E-state index contributed by atoms with van der Waals surface area (Å²) in [5.74, 6) is -1.55. The maximum absolute atomic E-state index is 12.8. The van der Waals surface area contributed by atoms with Crippen LogP contribution in [0.2, 0.25) is 0 Å². The minimum atomic E-state index is -0.908. The maximum atomic E-state index is 12.8. The van der Waals surface area contributed by atoms with Crippen molar-refractivity contribution in [1.29, 1.82) is 0 Å². The summed E-state index contributed by atoms with van der Waals surface area (Å²) in [6, 6.07) is 4.89. The molecule has 0 aliphatic heterocycles. The number of carbonyl (C=O) groups is 3. The summed E-state index contributed by atoms with van der Waals surface area (Å²) in [6.45, 7) is 4.83. The SMILES string of the molecule is CCOC(=O)c1c(C)[nH]c(C(=O)C(=O)NC[C@@H](C)O)c1-c1ccc(OC)c(OC)c1. The molecule has 162 valence electrons. The van der Waals surface area contributed by atoms with Gasteiger partial charge in [0.25, 0.3) is 11.7 Å². The molecule has 9 heteroatoms. The van der Waals surface area contributed by atoms with Crippen molar-refractivity contribution in [2.24, 2.45) is 0 Å². The zero-order valence-corrected chi connectivity index (χ0v) is 17.6. The summed E-state index contributed by atoms with van der Waals surface area (Å²) in [7, 11) is 2.95. The second kappa shape index (κ2) is 9.93. The molecule has 1 aromatic carbocycles. The van der Waals surface area contributed by atoms with Crippen molar-refractivity contribution in [1.82, 2.24) is 10.3 Å². The van der Waals surface area contributed by atoms with Crippen LogP contribution in [0.5, 0.6) is 11.5 Å². The van der Waals surface area contributed by atoms with Crippen molar-refractivity contribution in [2.75, 3.05) is 27.4 Å². The van der Waals surface area contributed by atoms with Crippen molar-refractivity contribution < 1.29 is 33.7 Å². The first-order chi connectivity index (χ1) is 14.2. The van der Waals surface area contributed by atoms with Crippen LogP contribution in [-0.4, -0.2) is 61.2 Å². The number of H-pyrrole nitrogens is 1. The van der Waals surface area contributed by atoms with Gasteiger partial charge in [0, 0.05) is 17.8 Å². The summed E-state index contributed by atoms with van der Waals surface area (Å²) in [4.78, 5) is 40.6. The molecule has 0 saturated heterocycles. The number of aliphatic hydroxyl groups excluding tert-OH is 1. The van der Waals surface area contributed by atoms with Gasteiger partial charge < -0.3 is 29.6 Å². The summed E-state index contributed by atoms with van der Waals surface area (Å²) < 4.78 is 15.7. The molecule has 1 amide bonds. The largest absolute Gasteiger partial charge is 0.493 e. The number of aromatic amines is 1. The molecular formula is C21H26N2O7. The topological polar surface area (TPSA) is 127 Å². The van der Waals surface area contributed by atoms with Crippen molar-refractivity contribution in [3.63, 3.8) is 0 Å². The molecule has 0 unspecified atom stereocenters. The normalized spacial score (nSPS) is 11.5. The number of aryl methyl sites for hydroxylation is 1. The molecule has 0 saturated carbocycles. The molecule has 2 aromatic rings. The fourth-order valence-electron chi connectivity index (χ4n) is 2.97. The molecule has 0 aliphatic carbocycles. The van der Waals surface area contributed by atoms with Crippen LogP contribution in [0.25, 0.3) is 11.1 Å². The number of rotatable bonds is 9. The molecule has 30 heavy (non-hydrogen) atoms. The van der Waals surface area contributed by atoms with Gasteiger partial charge in [0.05, 0.1) is 32.5 Å². The Kier molecular flexibility index (Phi) is 7.60. The van der Waals surface area contributed by atoms with Gasteiger partial charge in [-0.3, -0.25) is 9.59 Å². The lowest BCUT2D eigenvalue weighted by Crippen LogP contribution is -2.36. The number of hydrogen-bond acceptors (Lipinski definition) is 7. The van der Waals surface area contributed by atoms with E-state index in [1.807, 2.05) is 0 Å². The van der Waals surface area contributed by atoms with Crippen LogP contribution in [-0.2, 0) is 9.53 Å². The first-order valence-corrected chi connectivity index (χ1v) is 9.37. The van der Waals surface area contributed by atoms with Gasteiger partial charge in [0.1, 0.15) is 5.69 Å².